The molecule has 0 atom stereocenters. The minimum Gasteiger partial charge on any atom is -0.383 e. The molecule has 0 unspecified atom stereocenters. The first-order chi connectivity index (χ1) is 6.54. The summed E-state index contributed by atoms with van der Waals surface area (Å²) in [5.74, 6) is 1.25. The zero-order chi connectivity index (χ0) is 10.3. The molecule has 76 valence electrons. The molecule has 3 N–H and O–H groups in total. The van der Waals surface area contributed by atoms with Crippen molar-refractivity contribution in [3.63, 3.8) is 0 Å². The number of nitrogen functional groups attached to an aromatic ring is 1. The van der Waals surface area contributed by atoms with Crippen molar-refractivity contribution in [2.75, 3.05) is 18.1 Å². The molecule has 14 heavy (non-hydrogen) atoms. The molecule has 2 rings (SSSR count). The van der Waals surface area contributed by atoms with E-state index in [0.717, 1.165) is 24.1 Å². The fraction of sp³-hybridized carbons (Fsp3) is 0.600. The molecule has 1 aliphatic rings. The van der Waals surface area contributed by atoms with Crippen LogP contribution in [0.4, 0.5) is 11.8 Å². The second-order valence-electron chi connectivity index (χ2n) is 4.39. The number of aromatic nitrogens is 2. The van der Waals surface area contributed by atoms with Crippen molar-refractivity contribution in [2.24, 2.45) is 0 Å². The fourth-order valence-corrected chi connectivity index (χ4v) is 2.11. The van der Waals surface area contributed by atoms with E-state index in [2.05, 4.69) is 29.1 Å². The van der Waals surface area contributed by atoms with Crippen LogP contribution in [0, 0.1) is 0 Å². The topological polar surface area (TPSA) is 63.8 Å². The molecule has 0 amide bonds. The van der Waals surface area contributed by atoms with Gasteiger partial charge in [-0.15, -0.1) is 0 Å². The lowest BCUT2D eigenvalue weighted by Gasteiger charge is -2.19. The molecule has 0 fully saturated rings. The first-order valence-electron chi connectivity index (χ1n) is 4.89. The van der Waals surface area contributed by atoms with Crippen LogP contribution in [0.3, 0.4) is 0 Å². The second-order valence-corrected chi connectivity index (χ2v) is 4.39. The minimum absolute atomic E-state index is 0.131. The third kappa shape index (κ3) is 1.22. The van der Waals surface area contributed by atoms with Crippen LogP contribution < -0.4 is 11.1 Å². The van der Waals surface area contributed by atoms with Crippen LogP contribution in [0.5, 0.6) is 0 Å². The Morgan fingerprint density at radius 3 is 2.71 bits per heavy atom. The van der Waals surface area contributed by atoms with E-state index in [0.29, 0.717) is 11.8 Å². The van der Waals surface area contributed by atoms with E-state index >= 15 is 0 Å². The summed E-state index contributed by atoms with van der Waals surface area (Å²) in [7, 11) is 1.81. The summed E-state index contributed by atoms with van der Waals surface area (Å²) in [4.78, 5) is 8.64. The van der Waals surface area contributed by atoms with Crippen LogP contribution in [0.15, 0.2) is 0 Å². The number of nitrogens with zero attached hydrogens (tertiary/aromatic N) is 2. The van der Waals surface area contributed by atoms with Gasteiger partial charge in [0.15, 0.2) is 0 Å². The summed E-state index contributed by atoms with van der Waals surface area (Å²) in [6.45, 7) is 4.38. The van der Waals surface area contributed by atoms with E-state index in [1.807, 2.05) is 0 Å². The van der Waals surface area contributed by atoms with Gasteiger partial charge in [-0.3, -0.25) is 0 Å². The molecule has 1 aromatic rings. The maximum atomic E-state index is 5.93. The number of aryl methyl sites for hydroxylation is 1. The Hall–Kier alpha value is -1.32. The fourth-order valence-electron chi connectivity index (χ4n) is 2.11. The number of nitrogens with two attached hydrogens (primary N) is 1. The number of hydrogen-bond donors (Lipinski definition) is 2. The van der Waals surface area contributed by atoms with Crippen LogP contribution in [0.2, 0.25) is 0 Å². The van der Waals surface area contributed by atoms with Gasteiger partial charge in [-0.05, 0) is 18.3 Å². The molecule has 1 heterocycles. The molecule has 0 aromatic carbocycles. The molecule has 4 heteroatoms. The lowest BCUT2D eigenvalue weighted by atomic mass is 9.87. The van der Waals surface area contributed by atoms with Crippen molar-refractivity contribution >= 4 is 11.8 Å². The summed E-state index contributed by atoms with van der Waals surface area (Å²) in [6, 6.07) is 0. The summed E-state index contributed by atoms with van der Waals surface area (Å²) >= 11 is 0. The Labute approximate surface area is 83.9 Å². The molecule has 0 radical (unpaired) electrons. The van der Waals surface area contributed by atoms with Crippen molar-refractivity contribution in [1.82, 2.24) is 9.97 Å². The Balaban J connectivity index is 2.58. The molecule has 0 bridgehead atoms. The van der Waals surface area contributed by atoms with Gasteiger partial charge in [-0.2, -0.15) is 4.98 Å². The number of hydrogen-bond acceptors (Lipinski definition) is 4. The Kier molecular flexibility index (Phi) is 1.87. The van der Waals surface area contributed by atoms with Gasteiger partial charge in [0.25, 0.3) is 0 Å². The van der Waals surface area contributed by atoms with Gasteiger partial charge in [-0.1, -0.05) is 13.8 Å². The highest BCUT2D eigenvalue weighted by molar-refractivity contribution is 5.53. The van der Waals surface area contributed by atoms with Gasteiger partial charge in [0.05, 0.1) is 5.69 Å². The summed E-state index contributed by atoms with van der Waals surface area (Å²) in [5.41, 5.74) is 8.30. The monoisotopic (exact) mass is 192 g/mol. The van der Waals surface area contributed by atoms with E-state index in [9.17, 15) is 0 Å². The molecule has 4 nitrogen and oxygen atoms in total. The van der Waals surface area contributed by atoms with Gasteiger partial charge in [0, 0.05) is 12.6 Å². The summed E-state index contributed by atoms with van der Waals surface area (Å²) < 4.78 is 0. The van der Waals surface area contributed by atoms with Crippen LogP contribution >= 0.6 is 0 Å². The Bertz CT molecular complexity index is 371. The predicted molar refractivity (Wildman–Crippen MR) is 57.3 cm³/mol. The van der Waals surface area contributed by atoms with Gasteiger partial charge in [0.1, 0.15) is 5.82 Å². The van der Waals surface area contributed by atoms with Gasteiger partial charge in [0.2, 0.25) is 5.95 Å². The molecular formula is C10H16N4. The van der Waals surface area contributed by atoms with Crippen molar-refractivity contribution < 1.29 is 0 Å². The lowest BCUT2D eigenvalue weighted by molar-refractivity contribution is 0.523. The average Bonchev–Trinajstić information content (AvgIpc) is 2.42. The summed E-state index contributed by atoms with van der Waals surface area (Å²) in [5, 5.41) is 2.92. The van der Waals surface area contributed by atoms with Gasteiger partial charge < -0.3 is 11.1 Å². The highest BCUT2D eigenvalue weighted by Crippen LogP contribution is 2.40. The normalized spacial score (nSPS) is 17.9. The Morgan fingerprint density at radius 1 is 1.36 bits per heavy atom. The Morgan fingerprint density at radius 2 is 2.07 bits per heavy atom. The van der Waals surface area contributed by atoms with Gasteiger partial charge in [-0.25, -0.2) is 4.98 Å². The largest absolute Gasteiger partial charge is 0.383 e. The van der Waals surface area contributed by atoms with Crippen molar-refractivity contribution in [2.45, 2.75) is 32.1 Å². The molecule has 0 saturated heterocycles. The van der Waals surface area contributed by atoms with E-state index in [1.165, 1.54) is 0 Å². The van der Waals surface area contributed by atoms with Crippen LogP contribution in [-0.2, 0) is 11.8 Å². The third-order valence-corrected chi connectivity index (χ3v) is 2.90. The van der Waals surface area contributed by atoms with Crippen LogP contribution in [0.1, 0.15) is 31.5 Å². The van der Waals surface area contributed by atoms with Crippen molar-refractivity contribution in [1.29, 1.82) is 0 Å². The average molecular weight is 192 g/mol. The number of rotatable bonds is 1. The smallest absolute Gasteiger partial charge is 0.224 e. The number of nitrogens with one attached hydrogen (secondary N) is 1. The molecule has 0 saturated carbocycles. The zero-order valence-corrected chi connectivity index (χ0v) is 8.89. The first-order valence-corrected chi connectivity index (χ1v) is 4.89. The van der Waals surface area contributed by atoms with Crippen LogP contribution in [-0.4, -0.2) is 17.0 Å². The maximum Gasteiger partial charge on any atom is 0.224 e. The quantitative estimate of drug-likeness (QED) is 0.704. The SMILES string of the molecule is CNc1nc(N)c2c(n1)CCC2(C)C. The molecular weight excluding hydrogens is 176 g/mol. The third-order valence-electron chi connectivity index (χ3n) is 2.90. The van der Waals surface area contributed by atoms with Crippen LogP contribution in [0.25, 0.3) is 0 Å². The summed E-state index contributed by atoms with van der Waals surface area (Å²) in [6.07, 6.45) is 2.11. The van der Waals surface area contributed by atoms with E-state index in [1.54, 1.807) is 7.05 Å². The number of fused-ring (bicyclic) bond motifs is 1. The van der Waals surface area contributed by atoms with Crippen molar-refractivity contribution in [3.8, 4) is 0 Å². The molecule has 0 spiro atoms. The molecule has 0 aliphatic heterocycles. The second kappa shape index (κ2) is 2.83. The molecule has 1 aliphatic carbocycles. The van der Waals surface area contributed by atoms with E-state index in [-0.39, 0.29) is 5.41 Å². The van der Waals surface area contributed by atoms with Crippen molar-refractivity contribution in [3.05, 3.63) is 11.3 Å². The minimum atomic E-state index is 0.131. The first kappa shape index (κ1) is 9.24. The predicted octanol–water partition coefficient (Wildman–Crippen LogP) is 1.32. The van der Waals surface area contributed by atoms with E-state index in [4.69, 9.17) is 5.73 Å². The highest BCUT2D eigenvalue weighted by atomic mass is 15.1. The highest BCUT2D eigenvalue weighted by Gasteiger charge is 2.33. The van der Waals surface area contributed by atoms with E-state index < -0.39 is 0 Å². The lowest BCUT2D eigenvalue weighted by Crippen LogP contribution is -2.16. The zero-order valence-electron chi connectivity index (χ0n) is 8.89. The van der Waals surface area contributed by atoms with Gasteiger partial charge >= 0.3 is 0 Å². The molecule has 1 aromatic heterocycles. The maximum absolute atomic E-state index is 5.93. The standard InChI is InChI=1S/C10H16N4/c1-10(2)5-4-6-7(10)8(11)14-9(12-3)13-6/h4-5H2,1-3H3,(H3,11,12,13,14). The number of anilines is 2.